The number of aryl methyl sites for hydroxylation is 1. The van der Waals surface area contributed by atoms with Crippen LogP contribution in [-0.4, -0.2) is 57.9 Å². The second-order valence-electron chi connectivity index (χ2n) is 6.74. The Bertz CT molecular complexity index is 1140. The molecule has 2 aromatic rings. The summed E-state index contributed by atoms with van der Waals surface area (Å²) in [5.41, 5.74) is -1.99. The second-order valence-corrected chi connectivity index (χ2v) is 7.15. The second kappa shape index (κ2) is 7.51. The van der Waals surface area contributed by atoms with Gasteiger partial charge in [-0.2, -0.15) is 0 Å². The largest absolute Gasteiger partial charge is 0.506 e. The van der Waals surface area contributed by atoms with Gasteiger partial charge in [-0.25, -0.2) is 4.90 Å². The van der Waals surface area contributed by atoms with E-state index in [2.05, 4.69) is 0 Å². The van der Waals surface area contributed by atoms with Gasteiger partial charge in [0.2, 0.25) is 0 Å². The van der Waals surface area contributed by atoms with E-state index in [9.17, 15) is 40.2 Å². The molecule has 6 N–H and O–H groups in total. The van der Waals surface area contributed by atoms with Gasteiger partial charge in [-0.3, -0.25) is 9.59 Å². The van der Waals surface area contributed by atoms with E-state index in [1.807, 2.05) is 0 Å². The van der Waals surface area contributed by atoms with Gasteiger partial charge in [-0.05, 0) is 31.1 Å². The first-order valence-corrected chi connectivity index (χ1v) is 9.10. The van der Waals surface area contributed by atoms with Gasteiger partial charge >= 0.3 is 11.9 Å². The molecule has 10 nitrogen and oxygen atoms in total. The average molecular weight is 439 g/mol. The van der Waals surface area contributed by atoms with Gasteiger partial charge in [-0.15, -0.1) is 0 Å². The summed E-state index contributed by atoms with van der Waals surface area (Å²) < 4.78 is 1.01. The minimum absolute atomic E-state index is 0.00178. The standard InChI is InChI=1S/C19H19ClN2O8/c1-21-12-9-5-8-11(20)13(12)15(23)14(16(21)24)17(25)22(10-6-3-2-4-7-10)18(26,27)19(28,29)30/h3,5-9,23,26-30H,2,4H2,1H3. The number of fused-ring (bicyclic) bond motifs is 1. The molecule has 1 aliphatic rings. The Balaban J connectivity index is 2.33. The molecule has 1 aliphatic carbocycles. The molecular formula is C19H19ClN2O8. The van der Waals surface area contributed by atoms with Crippen molar-refractivity contribution in [1.29, 1.82) is 0 Å². The van der Waals surface area contributed by atoms with E-state index in [0.717, 1.165) is 4.57 Å². The number of amides is 1. The van der Waals surface area contributed by atoms with Crippen molar-refractivity contribution in [3.63, 3.8) is 0 Å². The summed E-state index contributed by atoms with van der Waals surface area (Å²) in [6, 6.07) is 4.41. The van der Waals surface area contributed by atoms with Crippen molar-refractivity contribution in [2.45, 2.75) is 24.7 Å². The maximum atomic E-state index is 13.3. The monoisotopic (exact) mass is 438 g/mol. The fraction of sp³-hybridized carbons (Fsp3) is 0.263. The summed E-state index contributed by atoms with van der Waals surface area (Å²) >= 11 is 6.11. The Hall–Kier alpha value is -2.73. The maximum Gasteiger partial charge on any atom is 0.355 e. The number of aliphatic hydroxyl groups is 5. The molecule has 0 spiro atoms. The summed E-state index contributed by atoms with van der Waals surface area (Å²) in [5, 5.41) is 59.5. The molecule has 1 amide bonds. The van der Waals surface area contributed by atoms with Crippen molar-refractivity contribution in [2.75, 3.05) is 0 Å². The van der Waals surface area contributed by atoms with Crippen molar-refractivity contribution < 1.29 is 35.4 Å². The van der Waals surface area contributed by atoms with Crippen LogP contribution >= 0.6 is 11.6 Å². The van der Waals surface area contributed by atoms with Crippen LogP contribution in [0.2, 0.25) is 5.02 Å². The highest BCUT2D eigenvalue weighted by Crippen LogP contribution is 2.35. The summed E-state index contributed by atoms with van der Waals surface area (Å²) in [6.07, 6.45) is 5.05. The van der Waals surface area contributed by atoms with Crippen LogP contribution in [0.1, 0.15) is 23.2 Å². The summed E-state index contributed by atoms with van der Waals surface area (Å²) in [5.74, 6) is -10.5. The lowest BCUT2D eigenvalue weighted by molar-refractivity contribution is -0.474. The molecule has 160 valence electrons. The minimum atomic E-state index is -4.19. The quantitative estimate of drug-likeness (QED) is 0.358. The van der Waals surface area contributed by atoms with Crippen LogP contribution in [0.5, 0.6) is 5.75 Å². The van der Waals surface area contributed by atoms with Gasteiger partial charge < -0.3 is 35.2 Å². The first-order chi connectivity index (χ1) is 13.9. The predicted molar refractivity (Wildman–Crippen MR) is 105 cm³/mol. The highest BCUT2D eigenvalue weighted by atomic mass is 35.5. The van der Waals surface area contributed by atoms with Crippen molar-refractivity contribution in [1.82, 2.24) is 9.47 Å². The van der Waals surface area contributed by atoms with E-state index in [-0.39, 0.29) is 26.5 Å². The lowest BCUT2D eigenvalue weighted by atomic mass is 10.1. The van der Waals surface area contributed by atoms with Crippen LogP contribution < -0.4 is 5.56 Å². The highest BCUT2D eigenvalue weighted by molar-refractivity contribution is 6.36. The Labute approximate surface area is 174 Å². The molecule has 0 saturated carbocycles. The van der Waals surface area contributed by atoms with E-state index in [1.165, 1.54) is 37.4 Å². The Morgan fingerprint density at radius 2 is 1.83 bits per heavy atom. The molecular weight excluding hydrogens is 420 g/mol. The number of rotatable bonds is 4. The first kappa shape index (κ1) is 22.0. The van der Waals surface area contributed by atoms with E-state index < -0.39 is 34.7 Å². The molecule has 1 heterocycles. The Kier molecular flexibility index (Phi) is 5.50. The zero-order valence-electron chi connectivity index (χ0n) is 15.7. The van der Waals surface area contributed by atoms with Crippen LogP contribution in [0.3, 0.4) is 0 Å². The molecule has 0 atom stereocenters. The molecule has 0 radical (unpaired) electrons. The van der Waals surface area contributed by atoms with E-state index in [0.29, 0.717) is 12.8 Å². The third kappa shape index (κ3) is 3.39. The molecule has 0 aliphatic heterocycles. The number of carbonyl (C=O) groups excluding carboxylic acids is 1. The summed E-state index contributed by atoms with van der Waals surface area (Å²) in [4.78, 5) is 26.1. The third-order valence-corrected chi connectivity index (χ3v) is 5.07. The highest BCUT2D eigenvalue weighted by Gasteiger charge is 2.55. The number of allylic oxidation sites excluding steroid dienone is 3. The van der Waals surface area contributed by atoms with Crippen LogP contribution in [-0.2, 0) is 7.05 Å². The number of aromatic nitrogens is 1. The molecule has 3 rings (SSSR count). The number of hydrogen-bond donors (Lipinski definition) is 6. The zero-order chi connectivity index (χ0) is 22.4. The van der Waals surface area contributed by atoms with E-state index in [1.54, 1.807) is 6.08 Å². The van der Waals surface area contributed by atoms with Crippen LogP contribution in [0.25, 0.3) is 10.9 Å². The van der Waals surface area contributed by atoms with Crippen molar-refractivity contribution in [3.8, 4) is 5.75 Å². The zero-order valence-corrected chi connectivity index (χ0v) is 16.4. The molecule has 0 saturated heterocycles. The molecule has 0 unspecified atom stereocenters. The van der Waals surface area contributed by atoms with Gasteiger partial charge in [0.05, 0.1) is 15.9 Å². The fourth-order valence-corrected chi connectivity index (χ4v) is 3.45. The Morgan fingerprint density at radius 3 is 2.40 bits per heavy atom. The summed E-state index contributed by atoms with van der Waals surface area (Å²) in [6.45, 7) is 0. The number of carbonyl (C=O) groups is 1. The number of hydrogen-bond acceptors (Lipinski definition) is 8. The molecule has 1 aromatic carbocycles. The number of aromatic hydroxyl groups is 1. The summed E-state index contributed by atoms with van der Waals surface area (Å²) in [7, 11) is 1.31. The van der Waals surface area contributed by atoms with Crippen LogP contribution in [0, 0.1) is 0 Å². The molecule has 0 fully saturated rings. The van der Waals surface area contributed by atoms with Crippen LogP contribution in [0.15, 0.2) is 46.9 Å². The average Bonchev–Trinajstić information content (AvgIpc) is 2.66. The molecule has 0 bridgehead atoms. The van der Waals surface area contributed by atoms with E-state index in [4.69, 9.17) is 11.6 Å². The van der Waals surface area contributed by atoms with Gasteiger partial charge in [0.1, 0.15) is 11.3 Å². The molecule has 11 heteroatoms. The minimum Gasteiger partial charge on any atom is -0.506 e. The van der Waals surface area contributed by atoms with Crippen LogP contribution in [0.4, 0.5) is 0 Å². The molecule has 30 heavy (non-hydrogen) atoms. The smallest absolute Gasteiger partial charge is 0.355 e. The van der Waals surface area contributed by atoms with E-state index >= 15 is 0 Å². The number of benzene rings is 1. The lowest BCUT2D eigenvalue weighted by Crippen LogP contribution is -2.66. The SMILES string of the molecule is Cn1c(=O)c(C(=O)N(C2=CCCC=C2)C(O)(O)C(O)(O)O)c(O)c2c(Cl)cccc21. The maximum absolute atomic E-state index is 13.3. The van der Waals surface area contributed by atoms with Gasteiger partial charge in [0.15, 0.2) is 0 Å². The molecule has 1 aromatic heterocycles. The predicted octanol–water partition coefficient (Wildman–Crippen LogP) is -0.157. The van der Waals surface area contributed by atoms with Crippen molar-refractivity contribution in [3.05, 3.63) is 63.1 Å². The number of nitrogens with zero attached hydrogens (tertiary/aromatic N) is 2. The first-order valence-electron chi connectivity index (χ1n) is 8.73. The normalized spacial score (nSPS) is 14.7. The third-order valence-electron chi connectivity index (χ3n) is 4.76. The van der Waals surface area contributed by atoms with Gasteiger partial charge in [0.25, 0.3) is 11.5 Å². The van der Waals surface area contributed by atoms with Gasteiger partial charge in [0, 0.05) is 12.7 Å². The topological polar surface area (TPSA) is 164 Å². The lowest BCUT2D eigenvalue weighted by Gasteiger charge is -2.40. The fourth-order valence-electron chi connectivity index (χ4n) is 3.19. The number of pyridine rings is 1. The van der Waals surface area contributed by atoms with Crippen molar-refractivity contribution >= 4 is 28.4 Å². The van der Waals surface area contributed by atoms with Crippen molar-refractivity contribution in [2.24, 2.45) is 7.05 Å². The number of halogens is 1. The van der Waals surface area contributed by atoms with Gasteiger partial charge in [-0.1, -0.05) is 29.8 Å². The Morgan fingerprint density at radius 1 is 1.17 bits per heavy atom.